The average molecular weight is 745 g/mol. The van der Waals surface area contributed by atoms with E-state index in [0.29, 0.717) is 22.6 Å². The third-order valence-corrected chi connectivity index (χ3v) is 9.96. The molecular formula is C44H64N4O6. The lowest BCUT2D eigenvalue weighted by Crippen LogP contribution is -2.52. The van der Waals surface area contributed by atoms with Crippen LogP contribution in [0.25, 0.3) is 0 Å². The summed E-state index contributed by atoms with van der Waals surface area (Å²) < 4.78 is 12.1. The number of nitrogens with zero attached hydrogens (tertiary/aromatic N) is 2. The first kappa shape index (κ1) is 43.8. The Morgan fingerprint density at radius 3 is 1.26 bits per heavy atom. The summed E-state index contributed by atoms with van der Waals surface area (Å²) in [6.07, 6.45) is 13.0. The van der Waals surface area contributed by atoms with Gasteiger partial charge >= 0.3 is 0 Å². The number of amides is 4. The molecule has 0 aromatic heterocycles. The molecule has 0 fully saturated rings. The molecule has 0 saturated heterocycles. The van der Waals surface area contributed by atoms with Crippen LogP contribution in [0.2, 0.25) is 0 Å². The van der Waals surface area contributed by atoms with Gasteiger partial charge < -0.3 is 29.9 Å². The Balaban J connectivity index is 0.000000290. The highest BCUT2D eigenvalue weighted by Gasteiger charge is 2.34. The number of carbonyl (C=O) groups excluding carboxylic acids is 4. The second-order valence-electron chi connectivity index (χ2n) is 15.2. The van der Waals surface area contributed by atoms with Crippen molar-refractivity contribution >= 4 is 23.6 Å². The van der Waals surface area contributed by atoms with Crippen molar-refractivity contribution in [1.82, 2.24) is 20.4 Å². The fourth-order valence-electron chi connectivity index (χ4n) is 6.83. The monoisotopic (exact) mass is 744 g/mol. The van der Waals surface area contributed by atoms with E-state index < -0.39 is 12.1 Å². The molecule has 2 aliphatic heterocycles. The molecule has 0 unspecified atom stereocenters. The van der Waals surface area contributed by atoms with Crippen LogP contribution in [0.1, 0.15) is 115 Å². The highest BCUT2D eigenvalue weighted by molar-refractivity contribution is 6.00. The van der Waals surface area contributed by atoms with Gasteiger partial charge in [-0.2, -0.15) is 0 Å². The van der Waals surface area contributed by atoms with Crippen LogP contribution in [0.15, 0.2) is 72.8 Å². The predicted octanol–water partition coefficient (Wildman–Crippen LogP) is 7.59. The molecule has 2 aromatic carbocycles. The van der Waals surface area contributed by atoms with Crippen molar-refractivity contribution in [3.8, 4) is 11.5 Å². The van der Waals surface area contributed by atoms with E-state index >= 15 is 0 Å². The molecule has 4 amide bonds. The maximum absolute atomic E-state index is 13.2. The van der Waals surface area contributed by atoms with Crippen LogP contribution in [-0.4, -0.2) is 83.9 Å². The number of carbonyl (C=O) groups is 4. The van der Waals surface area contributed by atoms with Gasteiger partial charge in [0.25, 0.3) is 11.8 Å². The van der Waals surface area contributed by atoms with Crippen LogP contribution >= 0.6 is 0 Å². The zero-order valence-electron chi connectivity index (χ0n) is 34.1. The summed E-state index contributed by atoms with van der Waals surface area (Å²) in [4.78, 5) is 55.3. The molecule has 2 N–H and O–H groups in total. The van der Waals surface area contributed by atoms with Crippen LogP contribution in [-0.2, 0) is 9.59 Å². The fraction of sp³-hybridized carbons (Fsp3) is 0.545. The van der Waals surface area contributed by atoms with Gasteiger partial charge in [0.1, 0.15) is 23.6 Å². The molecule has 296 valence electrons. The van der Waals surface area contributed by atoms with Gasteiger partial charge in [-0.05, 0) is 75.6 Å². The van der Waals surface area contributed by atoms with Crippen molar-refractivity contribution in [2.24, 2.45) is 11.8 Å². The van der Waals surface area contributed by atoms with Crippen molar-refractivity contribution in [2.45, 2.75) is 130 Å². The highest BCUT2D eigenvalue weighted by Crippen LogP contribution is 2.26. The second kappa shape index (κ2) is 21.3. The van der Waals surface area contributed by atoms with Crippen molar-refractivity contribution in [1.29, 1.82) is 0 Å². The van der Waals surface area contributed by atoms with Crippen molar-refractivity contribution < 1.29 is 28.7 Å². The summed E-state index contributed by atoms with van der Waals surface area (Å²) in [5, 5.41) is 6.25. The average Bonchev–Trinajstić information content (AvgIpc) is 3.13. The van der Waals surface area contributed by atoms with E-state index in [2.05, 4.69) is 48.8 Å². The van der Waals surface area contributed by atoms with Crippen LogP contribution in [0.5, 0.6) is 11.5 Å². The number of ether oxygens (including phenoxy) is 2. The van der Waals surface area contributed by atoms with E-state index in [-0.39, 0.29) is 59.8 Å². The Bertz CT molecular complexity index is 1490. The number of nitrogens with one attached hydrogen (secondary N) is 2. The summed E-state index contributed by atoms with van der Waals surface area (Å²) >= 11 is 0. The van der Waals surface area contributed by atoms with E-state index in [1.165, 1.54) is 0 Å². The molecule has 10 heteroatoms. The lowest BCUT2D eigenvalue weighted by molar-refractivity contribution is -0.128. The van der Waals surface area contributed by atoms with Gasteiger partial charge in [0.15, 0.2) is 0 Å². The van der Waals surface area contributed by atoms with Crippen molar-refractivity contribution in [3.05, 3.63) is 84.0 Å². The summed E-state index contributed by atoms with van der Waals surface area (Å²) in [5.74, 6) is 0.483. The lowest BCUT2D eigenvalue weighted by Gasteiger charge is -2.32. The Hall–Kier alpha value is -4.60. The SMILES string of the molecule is CC[C@@H]1C/C=C/C[C@H](C)Oc2ccccc2C(=O)N(C)[C@@H](C(C)C)C(=O)N1.CC[C@@H]1C/C=C\C[C@H](C)Oc2ccccc2C(=O)N(C)[C@@H](C(C)C)C(=O)N1. The molecule has 0 saturated carbocycles. The molecule has 2 aliphatic rings. The van der Waals surface area contributed by atoms with E-state index in [1.807, 2.05) is 77.9 Å². The zero-order valence-corrected chi connectivity index (χ0v) is 34.1. The first-order chi connectivity index (χ1) is 25.7. The standard InChI is InChI=1S/2C22H32N2O3/c2*1-6-17-12-8-7-11-16(4)27-19-14-10-9-13-18(19)22(26)24(5)20(15(2)3)21(25)23-17/h2*7-10,13-17,20H,6,11-12H2,1-5H3,(H,23,25)/b8-7+;8-7-/t2*16-,17+,20-/m00/s1. The van der Waals surface area contributed by atoms with Gasteiger partial charge in [-0.1, -0.05) is 90.1 Å². The van der Waals surface area contributed by atoms with E-state index in [0.717, 1.165) is 38.5 Å². The molecule has 2 aromatic rings. The number of benzene rings is 2. The smallest absolute Gasteiger partial charge is 0.258 e. The molecule has 4 rings (SSSR count). The first-order valence-electron chi connectivity index (χ1n) is 19.7. The minimum atomic E-state index is -0.538. The molecule has 6 atom stereocenters. The number of hydrogen-bond acceptors (Lipinski definition) is 6. The maximum atomic E-state index is 13.2. The second-order valence-corrected chi connectivity index (χ2v) is 15.2. The van der Waals surface area contributed by atoms with Crippen molar-refractivity contribution in [3.63, 3.8) is 0 Å². The quantitative estimate of drug-likeness (QED) is 0.312. The normalized spacial score (nSPS) is 26.0. The molecule has 0 aliphatic carbocycles. The minimum Gasteiger partial charge on any atom is -0.490 e. The van der Waals surface area contributed by atoms with Crippen molar-refractivity contribution in [2.75, 3.05) is 14.1 Å². The van der Waals surface area contributed by atoms with Crippen LogP contribution < -0.4 is 20.1 Å². The van der Waals surface area contributed by atoms with E-state index in [9.17, 15) is 19.2 Å². The number of rotatable bonds is 4. The van der Waals surface area contributed by atoms with Crippen LogP contribution in [0, 0.1) is 11.8 Å². The molecule has 2 heterocycles. The minimum absolute atomic E-state index is 0.00749. The largest absolute Gasteiger partial charge is 0.490 e. The Morgan fingerprint density at radius 2 is 0.926 bits per heavy atom. The molecule has 0 bridgehead atoms. The first-order valence-corrected chi connectivity index (χ1v) is 19.7. The topological polar surface area (TPSA) is 117 Å². The van der Waals surface area contributed by atoms with Gasteiger partial charge in [0, 0.05) is 39.0 Å². The molecule has 54 heavy (non-hydrogen) atoms. The molecule has 0 spiro atoms. The van der Waals surface area contributed by atoms with Gasteiger partial charge in [0.2, 0.25) is 11.8 Å². The van der Waals surface area contributed by atoms with Crippen LogP contribution in [0.3, 0.4) is 0 Å². The zero-order chi connectivity index (χ0) is 39.9. The van der Waals surface area contributed by atoms with Gasteiger partial charge in [-0.3, -0.25) is 19.2 Å². The van der Waals surface area contributed by atoms with Gasteiger partial charge in [-0.25, -0.2) is 0 Å². The number of hydrogen-bond donors (Lipinski definition) is 2. The maximum Gasteiger partial charge on any atom is 0.258 e. The Kier molecular flexibility index (Phi) is 17.3. The summed E-state index contributed by atoms with van der Waals surface area (Å²) in [5.41, 5.74) is 0.969. The summed E-state index contributed by atoms with van der Waals surface area (Å²) in [7, 11) is 3.39. The number of fused-ring (bicyclic) bond motifs is 2. The third-order valence-electron chi connectivity index (χ3n) is 9.96. The Labute approximate surface area is 323 Å². The fourth-order valence-corrected chi connectivity index (χ4v) is 6.83. The molecular weight excluding hydrogens is 681 g/mol. The number of para-hydroxylation sites is 2. The number of likely N-dealkylation sites (N-methyl/N-ethyl adjacent to an activating group) is 2. The van der Waals surface area contributed by atoms with Crippen LogP contribution in [0.4, 0.5) is 0 Å². The molecule has 10 nitrogen and oxygen atoms in total. The van der Waals surface area contributed by atoms with Gasteiger partial charge in [0.05, 0.1) is 23.3 Å². The summed E-state index contributed by atoms with van der Waals surface area (Å²) in [6, 6.07) is 13.5. The highest BCUT2D eigenvalue weighted by atomic mass is 16.5. The van der Waals surface area contributed by atoms with E-state index in [4.69, 9.17) is 9.47 Å². The lowest BCUT2D eigenvalue weighted by atomic mass is 9.99. The van der Waals surface area contributed by atoms with Gasteiger partial charge in [-0.15, -0.1) is 0 Å². The Morgan fingerprint density at radius 1 is 0.593 bits per heavy atom. The summed E-state index contributed by atoms with van der Waals surface area (Å²) in [6.45, 7) is 16.0. The molecule has 0 radical (unpaired) electrons. The van der Waals surface area contributed by atoms with E-state index in [1.54, 1.807) is 36.0 Å². The predicted molar refractivity (Wildman–Crippen MR) is 216 cm³/mol. The third kappa shape index (κ3) is 12.2.